The predicted octanol–water partition coefficient (Wildman–Crippen LogP) is 3.27. The lowest BCUT2D eigenvalue weighted by molar-refractivity contribution is -0.117. The second kappa shape index (κ2) is 6.12. The maximum absolute atomic E-state index is 12.0. The van der Waals surface area contributed by atoms with Gasteiger partial charge in [0, 0.05) is 17.5 Å². The zero-order valence-corrected chi connectivity index (χ0v) is 12.3. The number of nitrogens with zero attached hydrogens (tertiary/aromatic N) is 1. The summed E-state index contributed by atoms with van der Waals surface area (Å²) in [5.41, 5.74) is 1.98. The van der Waals surface area contributed by atoms with E-state index in [2.05, 4.69) is 22.4 Å². The van der Waals surface area contributed by atoms with Gasteiger partial charge in [-0.05, 0) is 36.5 Å². The van der Waals surface area contributed by atoms with Crippen molar-refractivity contribution in [2.45, 2.75) is 38.6 Å². The molecule has 0 saturated heterocycles. The number of fused-ring (bicyclic) bond motifs is 1. The van der Waals surface area contributed by atoms with Crippen LogP contribution in [-0.2, 0) is 4.79 Å². The number of hydrogen-bond donors (Lipinski definition) is 2. The molecule has 1 aromatic carbocycles. The van der Waals surface area contributed by atoms with Gasteiger partial charge in [0.15, 0.2) is 0 Å². The number of benzene rings is 1. The lowest BCUT2D eigenvalue weighted by atomic mass is 9.86. The summed E-state index contributed by atoms with van der Waals surface area (Å²) in [6, 6.07) is 6.31. The highest BCUT2D eigenvalue weighted by molar-refractivity contribution is 5.92. The second-order valence-electron chi connectivity index (χ2n) is 5.93. The van der Waals surface area contributed by atoms with Gasteiger partial charge in [-0.25, -0.2) is 0 Å². The van der Waals surface area contributed by atoms with Crippen LogP contribution in [0.3, 0.4) is 0 Å². The SMILES string of the molecule is CC1CCCCC1NC(=O)/C=C/c1ccc2cn[nH]c2c1. The number of carbonyl (C=O) groups excluding carboxylic acids is 1. The number of hydrogen-bond acceptors (Lipinski definition) is 2. The number of amides is 1. The van der Waals surface area contributed by atoms with Gasteiger partial charge in [-0.3, -0.25) is 9.89 Å². The zero-order chi connectivity index (χ0) is 14.7. The molecule has 0 spiro atoms. The van der Waals surface area contributed by atoms with Crippen LogP contribution >= 0.6 is 0 Å². The van der Waals surface area contributed by atoms with Gasteiger partial charge < -0.3 is 5.32 Å². The van der Waals surface area contributed by atoms with Crippen LogP contribution < -0.4 is 5.32 Å². The molecule has 1 fully saturated rings. The summed E-state index contributed by atoms with van der Waals surface area (Å²) < 4.78 is 0. The molecule has 1 aromatic heterocycles. The van der Waals surface area contributed by atoms with Crippen molar-refractivity contribution in [2.24, 2.45) is 5.92 Å². The van der Waals surface area contributed by atoms with Crippen LogP contribution in [0.5, 0.6) is 0 Å². The van der Waals surface area contributed by atoms with E-state index in [0.717, 1.165) is 22.9 Å². The van der Waals surface area contributed by atoms with Gasteiger partial charge in [0.05, 0.1) is 11.7 Å². The Morgan fingerprint density at radius 1 is 1.38 bits per heavy atom. The van der Waals surface area contributed by atoms with E-state index in [9.17, 15) is 4.79 Å². The van der Waals surface area contributed by atoms with Gasteiger partial charge in [-0.1, -0.05) is 31.9 Å². The number of aromatic amines is 1. The molecule has 1 aliphatic rings. The summed E-state index contributed by atoms with van der Waals surface area (Å²) in [6.45, 7) is 2.22. The maximum atomic E-state index is 12.0. The second-order valence-corrected chi connectivity index (χ2v) is 5.93. The Kier molecular flexibility index (Phi) is 4.04. The Morgan fingerprint density at radius 2 is 2.24 bits per heavy atom. The van der Waals surface area contributed by atoms with Crippen LogP contribution in [0.1, 0.15) is 38.2 Å². The summed E-state index contributed by atoms with van der Waals surface area (Å²) in [4.78, 5) is 12.0. The monoisotopic (exact) mass is 283 g/mol. The van der Waals surface area contributed by atoms with Gasteiger partial charge in [-0.2, -0.15) is 5.10 Å². The summed E-state index contributed by atoms with van der Waals surface area (Å²) in [5, 5.41) is 11.1. The average Bonchev–Trinajstić information content (AvgIpc) is 2.95. The largest absolute Gasteiger partial charge is 0.350 e. The maximum Gasteiger partial charge on any atom is 0.244 e. The number of rotatable bonds is 3. The first-order chi connectivity index (χ1) is 10.2. The molecule has 4 heteroatoms. The van der Waals surface area contributed by atoms with Crippen LogP contribution in [0.25, 0.3) is 17.0 Å². The molecule has 0 radical (unpaired) electrons. The zero-order valence-electron chi connectivity index (χ0n) is 12.3. The molecule has 0 aliphatic heterocycles. The Bertz CT molecular complexity index is 659. The van der Waals surface area contributed by atoms with Gasteiger partial charge in [0.25, 0.3) is 0 Å². The van der Waals surface area contributed by atoms with Gasteiger partial charge in [-0.15, -0.1) is 0 Å². The van der Waals surface area contributed by atoms with Crippen molar-refractivity contribution in [1.29, 1.82) is 0 Å². The molecule has 1 aliphatic carbocycles. The van der Waals surface area contributed by atoms with E-state index in [1.807, 2.05) is 24.3 Å². The first-order valence-corrected chi connectivity index (χ1v) is 7.64. The Morgan fingerprint density at radius 3 is 3.10 bits per heavy atom. The molecular weight excluding hydrogens is 262 g/mol. The molecule has 1 heterocycles. The van der Waals surface area contributed by atoms with Crippen molar-refractivity contribution in [3.05, 3.63) is 36.0 Å². The van der Waals surface area contributed by atoms with Crippen LogP contribution in [-0.4, -0.2) is 22.1 Å². The van der Waals surface area contributed by atoms with E-state index in [1.54, 1.807) is 12.3 Å². The number of H-pyrrole nitrogens is 1. The van der Waals surface area contributed by atoms with E-state index >= 15 is 0 Å². The lowest BCUT2D eigenvalue weighted by Crippen LogP contribution is -2.40. The summed E-state index contributed by atoms with van der Waals surface area (Å²) in [6.07, 6.45) is 10.1. The number of aromatic nitrogens is 2. The number of nitrogens with one attached hydrogen (secondary N) is 2. The first-order valence-electron chi connectivity index (χ1n) is 7.64. The third-order valence-electron chi connectivity index (χ3n) is 4.33. The van der Waals surface area contributed by atoms with Crippen molar-refractivity contribution < 1.29 is 4.79 Å². The first kappa shape index (κ1) is 13.9. The minimum Gasteiger partial charge on any atom is -0.350 e. The fourth-order valence-corrected chi connectivity index (χ4v) is 2.99. The smallest absolute Gasteiger partial charge is 0.244 e. The summed E-state index contributed by atoms with van der Waals surface area (Å²) >= 11 is 0. The van der Waals surface area contributed by atoms with Crippen molar-refractivity contribution in [2.75, 3.05) is 0 Å². The van der Waals surface area contributed by atoms with E-state index in [0.29, 0.717) is 12.0 Å². The molecule has 1 saturated carbocycles. The fourth-order valence-electron chi connectivity index (χ4n) is 2.99. The van der Waals surface area contributed by atoms with Gasteiger partial charge in [0.1, 0.15) is 0 Å². The third kappa shape index (κ3) is 3.32. The molecule has 2 atom stereocenters. The quantitative estimate of drug-likeness (QED) is 0.849. The molecule has 3 rings (SSSR count). The topological polar surface area (TPSA) is 57.8 Å². The van der Waals surface area contributed by atoms with Crippen LogP contribution in [0.15, 0.2) is 30.5 Å². The highest BCUT2D eigenvalue weighted by atomic mass is 16.1. The van der Waals surface area contributed by atoms with Crippen LogP contribution in [0, 0.1) is 5.92 Å². The van der Waals surface area contributed by atoms with E-state index in [4.69, 9.17) is 0 Å². The van der Waals surface area contributed by atoms with Crippen molar-refractivity contribution in [3.8, 4) is 0 Å². The van der Waals surface area contributed by atoms with E-state index in [1.165, 1.54) is 19.3 Å². The lowest BCUT2D eigenvalue weighted by Gasteiger charge is -2.29. The Labute approximate surface area is 124 Å². The van der Waals surface area contributed by atoms with E-state index in [-0.39, 0.29) is 5.91 Å². The fraction of sp³-hybridized carbons (Fsp3) is 0.412. The molecule has 21 heavy (non-hydrogen) atoms. The van der Waals surface area contributed by atoms with Gasteiger partial charge >= 0.3 is 0 Å². The molecular formula is C17H21N3O. The molecule has 2 N–H and O–H groups in total. The Balaban J connectivity index is 1.63. The summed E-state index contributed by atoms with van der Waals surface area (Å²) in [7, 11) is 0. The van der Waals surface area contributed by atoms with E-state index < -0.39 is 0 Å². The van der Waals surface area contributed by atoms with Crippen LogP contribution in [0.4, 0.5) is 0 Å². The molecule has 2 aromatic rings. The standard InChI is InChI=1S/C17H21N3O/c1-12-4-2-3-5-15(12)19-17(21)9-7-13-6-8-14-11-18-20-16(14)10-13/h6-12,15H,2-5H2,1H3,(H,18,20)(H,19,21)/b9-7+. The Hall–Kier alpha value is -2.10. The highest BCUT2D eigenvalue weighted by Gasteiger charge is 2.21. The minimum atomic E-state index is -0.00143. The normalized spacial score (nSPS) is 22.7. The third-order valence-corrected chi connectivity index (χ3v) is 4.33. The minimum absolute atomic E-state index is 0.00143. The average molecular weight is 283 g/mol. The molecule has 4 nitrogen and oxygen atoms in total. The van der Waals surface area contributed by atoms with Gasteiger partial charge in [0.2, 0.25) is 5.91 Å². The van der Waals surface area contributed by atoms with Crippen molar-refractivity contribution in [3.63, 3.8) is 0 Å². The highest BCUT2D eigenvalue weighted by Crippen LogP contribution is 2.23. The number of carbonyl (C=O) groups is 1. The molecule has 2 unspecified atom stereocenters. The van der Waals surface area contributed by atoms with Crippen LogP contribution in [0.2, 0.25) is 0 Å². The molecule has 110 valence electrons. The van der Waals surface area contributed by atoms with Crippen molar-refractivity contribution in [1.82, 2.24) is 15.5 Å². The molecule has 0 bridgehead atoms. The summed E-state index contributed by atoms with van der Waals surface area (Å²) in [5.74, 6) is 0.580. The van der Waals surface area contributed by atoms with Crippen molar-refractivity contribution >= 4 is 22.9 Å². The predicted molar refractivity (Wildman–Crippen MR) is 84.7 cm³/mol. The molecule has 1 amide bonds.